The van der Waals surface area contributed by atoms with Crippen LogP contribution >= 0.6 is 0 Å². The Hall–Kier alpha value is -3.28. The number of hydrogen-bond donors (Lipinski definition) is 4. The zero-order chi connectivity index (χ0) is 15.9. The maximum absolute atomic E-state index is 12.1. The Morgan fingerprint density at radius 3 is 2.50 bits per heavy atom. The highest BCUT2D eigenvalue weighted by Crippen LogP contribution is 2.17. The van der Waals surface area contributed by atoms with Crippen LogP contribution < -0.4 is 21.5 Å². The Kier molecular flexibility index (Phi) is 4.77. The summed E-state index contributed by atoms with van der Waals surface area (Å²) in [5.74, 6) is -0.305. The molecule has 0 bridgehead atoms. The fourth-order valence-electron chi connectivity index (χ4n) is 1.73. The van der Waals surface area contributed by atoms with Gasteiger partial charge in [0.2, 0.25) is 5.88 Å². The summed E-state index contributed by atoms with van der Waals surface area (Å²) in [5, 5.41) is 10.0. The molecule has 0 atom stereocenters. The van der Waals surface area contributed by atoms with Crippen molar-refractivity contribution in [1.29, 1.82) is 5.41 Å². The molecule has 0 aliphatic carbocycles. The first-order valence-electron chi connectivity index (χ1n) is 6.50. The van der Waals surface area contributed by atoms with Gasteiger partial charge in [-0.2, -0.15) is 0 Å². The third kappa shape index (κ3) is 3.86. The third-order valence-corrected chi connectivity index (χ3v) is 2.77. The minimum atomic E-state index is -0.525. The minimum Gasteiger partial charge on any atom is -0.441 e. The van der Waals surface area contributed by atoms with Crippen molar-refractivity contribution >= 4 is 23.5 Å². The van der Waals surface area contributed by atoms with Gasteiger partial charge in [0.15, 0.2) is 0 Å². The van der Waals surface area contributed by atoms with Crippen LogP contribution in [0.4, 0.5) is 11.4 Å². The van der Waals surface area contributed by atoms with Gasteiger partial charge in [-0.05, 0) is 24.3 Å². The summed E-state index contributed by atoms with van der Waals surface area (Å²) >= 11 is 0. The predicted octanol–water partition coefficient (Wildman–Crippen LogP) is 2.11. The highest BCUT2D eigenvalue weighted by atomic mass is 16.5. The van der Waals surface area contributed by atoms with Gasteiger partial charge in [-0.1, -0.05) is 24.3 Å². The van der Waals surface area contributed by atoms with Crippen LogP contribution in [0.2, 0.25) is 0 Å². The van der Waals surface area contributed by atoms with E-state index in [1.807, 2.05) is 6.07 Å². The van der Waals surface area contributed by atoms with Gasteiger partial charge >= 0.3 is 0 Å². The molecule has 0 aromatic heterocycles. The summed E-state index contributed by atoms with van der Waals surface area (Å²) in [6.07, 6.45) is 0.847. The molecule has 0 unspecified atom stereocenters. The summed E-state index contributed by atoms with van der Waals surface area (Å²) in [6.45, 7) is 0. The van der Waals surface area contributed by atoms with Gasteiger partial charge in [-0.3, -0.25) is 4.79 Å². The number of nitrogen functional groups attached to an aromatic ring is 1. The monoisotopic (exact) mass is 296 g/mol. The van der Waals surface area contributed by atoms with E-state index in [4.69, 9.17) is 21.6 Å². The summed E-state index contributed by atoms with van der Waals surface area (Å²) < 4.78 is 5.37. The first-order chi connectivity index (χ1) is 10.6. The second-order valence-corrected chi connectivity index (χ2v) is 4.42. The van der Waals surface area contributed by atoms with Gasteiger partial charge < -0.3 is 26.9 Å². The molecule has 0 aliphatic heterocycles. The lowest BCUT2D eigenvalue weighted by molar-refractivity contribution is -0.112. The maximum atomic E-state index is 12.1. The number of carbonyl (C=O) groups is 1. The zero-order valence-corrected chi connectivity index (χ0v) is 11.7. The molecule has 0 saturated carbocycles. The van der Waals surface area contributed by atoms with Crippen molar-refractivity contribution in [1.82, 2.24) is 0 Å². The van der Waals surface area contributed by atoms with Gasteiger partial charge in [-0.15, -0.1) is 0 Å². The van der Waals surface area contributed by atoms with Crippen LogP contribution in [-0.2, 0) is 4.79 Å². The molecule has 1 amide bonds. The molecule has 6 heteroatoms. The Morgan fingerprint density at radius 2 is 1.86 bits per heavy atom. The highest BCUT2D eigenvalue weighted by molar-refractivity contribution is 6.17. The van der Waals surface area contributed by atoms with E-state index in [0.717, 1.165) is 6.21 Å². The number of rotatable bonds is 5. The molecule has 0 spiro atoms. The van der Waals surface area contributed by atoms with E-state index < -0.39 is 5.91 Å². The van der Waals surface area contributed by atoms with Crippen molar-refractivity contribution in [3.05, 3.63) is 66.1 Å². The molecule has 6 nitrogen and oxygen atoms in total. The second-order valence-electron chi connectivity index (χ2n) is 4.42. The fourth-order valence-corrected chi connectivity index (χ4v) is 1.73. The smallest absolute Gasteiger partial charge is 0.262 e. The molecule has 0 aliphatic rings. The molecule has 2 rings (SSSR count). The van der Waals surface area contributed by atoms with E-state index in [1.54, 1.807) is 48.5 Å². The highest BCUT2D eigenvalue weighted by Gasteiger charge is 2.14. The van der Waals surface area contributed by atoms with Gasteiger partial charge in [-0.25, -0.2) is 0 Å². The Bertz CT molecular complexity index is 711. The summed E-state index contributed by atoms with van der Waals surface area (Å²) in [5.41, 5.74) is 12.4. The molecule has 0 heterocycles. The van der Waals surface area contributed by atoms with Gasteiger partial charge in [0.1, 0.15) is 11.3 Å². The van der Waals surface area contributed by atoms with Crippen LogP contribution in [0.25, 0.3) is 0 Å². The molecule has 0 saturated heterocycles. The Balaban J connectivity index is 2.17. The maximum Gasteiger partial charge on any atom is 0.262 e. The zero-order valence-electron chi connectivity index (χ0n) is 11.7. The molecule has 22 heavy (non-hydrogen) atoms. The molecular weight excluding hydrogens is 280 g/mol. The fraction of sp³-hybridized carbons (Fsp3) is 0. The van der Waals surface area contributed by atoms with E-state index in [0.29, 0.717) is 17.1 Å². The lowest BCUT2D eigenvalue weighted by Crippen LogP contribution is -2.22. The number of carbonyl (C=O) groups excluding carboxylic acids is 1. The molecule has 2 aromatic carbocycles. The van der Waals surface area contributed by atoms with Crippen LogP contribution in [0.1, 0.15) is 0 Å². The number of anilines is 2. The predicted molar refractivity (Wildman–Crippen MR) is 86.6 cm³/mol. The number of hydrogen-bond acceptors (Lipinski definition) is 5. The average molecular weight is 296 g/mol. The average Bonchev–Trinajstić information content (AvgIpc) is 2.49. The number of para-hydroxylation sites is 1. The summed E-state index contributed by atoms with van der Waals surface area (Å²) in [7, 11) is 0. The van der Waals surface area contributed by atoms with Gasteiger partial charge in [0.25, 0.3) is 5.91 Å². The summed E-state index contributed by atoms with van der Waals surface area (Å²) in [4.78, 5) is 12.1. The van der Waals surface area contributed by atoms with E-state index >= 15 is 0 Å². The largest absolute Gasteiger partial charge is 0.441 e. The van der Waals surface area contributed by atoms with E-state index in [9.17, 15) is 4.79 Å². The number of ether oxygens (including phenoxy) is 1. The number of nitrogens with two attached hydrogens (primary N) is 2. The van der Waals surface area contributed by atoms with Crippen LogP contribution in [0.5, 0.6) is 5.75 Å². The lowest BCUT2D eigenvalue weighted by atomic mass is 10.2. The normalized spacial score (nSPS) is 11.3. The topological polar surface area (TPSA) is 114 Å². The molecule has 0 radical (unpaired) electrons. The van der Waals surface area contributed by atoms with Crippen molar-refractivity contribution in [3.63, 3.8) is 0 Å². The minimum absolute atomic E-state index is 0.0775. The van der Waals surface area contributed by atoms with Crippen molar-refractivity contribution in [3.8, 4) is 5.75 Å². The van der Waals surface area contributed by atoms with E-state index in [-0.39, 0.29) is 11.5 Å². The lowest BCUT2D eigenvalue weighted by Gasteiger charge is -2.10. The number of benzene rings is 2. The van der Waals surface area contributed by atoms with Crippen molar-refractivity contribution < 1.29 is 9.53 Å². The summed E-state index contributed by atoms with van der Waals surface area (Å²) in [6, 6.07) is 15.5. The van der Waals surface area contributed by atoms with Gasteiger partial charge in [0.05, 0.1) is 0 Å². The molecule has 6 N–H and O–H groups in total. The third-order valence-electron chi connectivity index (χ3n) is 2.77. The standard InChI is InChI=1S/C16H16N4O2/c17-10-14(16(21)20-12-6-2-1-3-7-12)15(19)22-13-8-4-5-11(18)9-13/h1-10,17H,18-19H2,(H,20,21). The quantitative estimate of drug-likeness (QED) is 0.293. The number of amides is 1. The van der Waals surface area contributed by atoms with Crippen LogP contribution in [-0.4, -0.2) is 12.1 Å². The Labute approximate surface area is 127 Å². The first-order valence-corrected chi connectivity index (χ1v) is 6.50. The van der Waals surface area contributed by atoms with Crippen LogP contribution in [0.3, 0.4) is 0 Å². The van der Waals surface area contributed by atoms with E-state index in [2.05, 4.69) is 5.32 Å². The van der Waals surface area contributed by atoms with Crippen LogP contribution in [0.15, 0.2) is 66.1 Å². The van der Waals surface area contributed by atoms with E-state index in [1.165, 1.54) is 0 Å². The molecule has 112 valence electrons. The van der Waals surface area contributed by atoms with Gasteiger partial charge in [0, 0.05) is 23.7 Å². The second kappa shape index (κ2) is 6.94. The van der Waals surface area contributed by atoms with Crippen molar-refractivity contribution in [2.45, 2.75) is 0 Å². The SMILES string of the molecule is N=CC(C(=O)Nc1ccccc1)=C(N)Oc1cccc(N)c1. The molecular formula is C16H16N4O2. The molecule has 0 fully saturated rings. The number of nitrogens with one attached hydrogen (secondary N) is 2. The first kappa shape index (κ1) is 15.1. The van der Waals surface area contributed by atoms with Crippen molar-refractivity contribution in [2.24, 2.45) is 5.73 Å². The Morgan fingerprint density at radius 1 is 1.14 bits per heavy atom. The molecule has 2 aromatic rings. The van der Waals surface area contributed by atoms with Crippen molar-refractivity contribution in [2.75, 3.05) is 11.1 Å². The van der Waals surface area contributed by atoms with Crippen LogP contribution in [0, 0.1) is 5.41 Å².